The maximum Gasteiger partial charge on any atom is 0.237 e. The lowest BCUT2D eigenvalue weighted by molar-refractivity contribution is 0.0501. The van der Waals surface area contributed by atoms with Gasteiger partial charge in [-0.15, -0.1) is 0 Å². The molecule has 0 rings (SSSR count). The molecule has 0 fully saturated rings. The van der Waals surface area contributed by atoms with Gasteiger partial charge in [0.25, 0.3) is 0 Å². The van der Waals surface area contributed by atoms with Gasteiger partial charge in [0.2, 0.25) is 6.08 Å². The maximum absolute atomic E-state index is 10.1. The van der Waals surface area contributed by atoms with E-state index in [4.69, 9.17) is 4.74 Å². The predicted molar refractivity (Wildman–Crippen MR) is 56.9 cm³/mol. The van der Waals surface area contributed by atoms with Gasteiger partial charge in [-0.1, -0.05) is 33.1 Å². The lowest BCUT2D eigenvalue weighted by atomic mass is 10.2. The zero-order chi connectivity index (χ0) is 10.6. The third kappa shape index (κ3) is 7.96. The average molecular weight is 199 g/mol. The summed E-state index contributed by atoms with van der Waals surface area (Å²) >= 11 is 0. The molecule has 0 N–H and O–H groups in total. The molecule has 0 radical (unpaired) electrons. The van der Waals surface area contributed by atoms with Crippen LogP contribution >= 0.6 is 0 Å². The Balaban J connectivity index is 3.60. The topological polar surface area (TPSA) is 38.7 Å². The second kappa shape index (κ2) is 10.4. The number of rotatable bonds is 9. The van der Waals surface area contributed by atoms with E-state index in [0.717, 1.165) is 25.7 Å². The molecule has 14 heavy (non-hydrogen) atoms. The second-order valence-corrected chi connectivity index (χ2v) is 3.40. The molecule has 1 atom stereocenters. The highest BCUT2D eigenvalue weighted by atomic mass is 16.5. The maximum atomic E-state index is 10.1. The van der Waals surface area contributed by atoms with E-state index in [2.05, 4.69) is 18.8 Å². The molecule has 3 nitrogen and oxygen atoms in total. The van der Waals surface area contributed by atoms with Crippen LogP contribution in [-0.2, 0) is 9.53 Å². The van der Waals surface area contributed by atoms with Gasteiger partial charge in [-0.05, 0) is 19.3 Å². The van der Waals surface area contributed by atoms with Crippen molar-refractivity contribution in [2.75, 3.05) is 6.61 Å². The van der Waals surface area contributed by atoms with E-state index in [1.54, 1.807) is 6.08 Å². The van der Waals surface area contributed by atoms with Crippen LogP contribution in [0.1, 0.15) is 52.4 Å². The highest BCUT2D eigenvalue weighted by Gasteiger charge is 2.05. The first-order valence-corrected chi connectivity index (χ1v) is 5.53. The van der Waals surface area contributed by atoms with Crippen LogP contribution in [0.15, 0.2) is 4.99 Å². The molecule has 0 aliphatic rings. The van der Waals surface area contributed by atoms with Crippen molar-refractivity contribution in [1.82, 2.24) is 0 Å². The van der Waals surface area contributed by atoms with Gasteiger partial charge in [0.1, 0.15) is 0 Å². The van der Waals surface area contributed by atoms with E-state index < -0.39 is 0 Å². The highest BCUT2D eigenvalue weighted by Crippen LogP contribution is 2.08. The third-order valence-electron chi connectivity index (χ3n) is 2.06. The zero-order valence-corrected chi connectivity index (χ0v) is 9.29. The lowest BCUT2D eigenvalue weighted by Gasteiger charge is -2.10. The van der Waals surface area contributed by atoms with E-state index in [1.807, 2.05) is 0 Å². The van der Waals surface area contributed by atoms with Crippen LogP contribution in [0.25, 0.3) is 0 Å². The van der Waals surface area contributed by atoms with E-state index >= 15 is 0 Å². The van der Waals surface area contributed by atoms with Crippen LogP contribution in [0.4, 0.5) is 0 Å². The van der Waals surface area contributed by atoms with E-state index in [-0.39, 0.29) is 6.23 Å². The summed E-state index contributed by atoms with van der Waals surface area (Å²) < 4.78 is 5.44. The summed E-state index contributed by atoms with van der Waals surface area (Å²) in [6.07, 6.45) is 7.69. The summed E-state index contributed by atoms with van der Waals surface area (Å²) in [7, 11) is 0. The van der Waals surface area contributed by atoms with E-state index in [1.165, 1.54) is 12.8 Å². The van der Waals surface area contributed by atoms with Crippen LogP contribution < -0.4 is 0 Å². The monoisotopic (exact) mass is 199 g/mol. The van der Waals surface area contributed by atoms with Crippen LogP contribution in [0, 0.1) is 0 Å². The summed E-state index contributed by atoms with van der Waals surface area (Å²) in [6, 6.07) is 0. The summed E-state index contributed by atoms with van der Waals surface area (Å²) in [4.78, 5) is 13.7. The predicted octanol–water partition coefficient (Wildman–Crippen LogP) is 3.05. The molecule has 0 aromatic carbocycles. The number of hydrogen-bond donors (Lipinski definition) is 0. The molecule has 0 aliphatic carbocycles. The number of isocyanates is 1. The number of ether oxygens (including phenoxy) is 1. The second-order valence-electron chi connectivity index (χ2n) is 3.40. The smallest absolute Gasteiger partial charge is 0.237 e. The molecule has 0 amide bonds. The Morgan fingerprint density at radius 3 is 2.50 bits per heavy atom. The van der Waals surface area contributed by atoms with Crippen molar-refractivity contribution in [1.29, 1.82) is 0 Å². The quantitative estimate of drug-likeness (QED) is 0.325. The molecular weight excluding hydrogens is 178 g/mol. The minimum Gasteiger partial charge on any atom is -0.356 e. The SMILES string of the molecule is CCCCCC(N=C=O)OCCCC. The molecule has 0 aromatic heterocycles. The molecule has 0 saturated carbocycles. The van der Waals surface area contributed by atoms with Crippen LogP contribution in [0.3, 0.4) is 0 Å². The van der Waals surface area contributed by atoms with Gasteiger partial charge in [-0.2, -0.15) is 4.99 Å². The van der Waals surface area contributed by atoms with E-state index in [9.17, 15) is 4.79 Å². The molecule has 0 bridgehead atoms. The summed E-state index contributed by atoms with van der Waals surface area (Å²) in [5.41, 5.74) is 0. The minimum atomic E-state index is -0.259. The first kappa shape index (κ1) is 13.3. The fourth-order valence-electron chi connectivity index (χ4n) is 1.18. The first-order valence-electron chi connectivity index (χ1n) is 5.53. The molecule has 1 unspecified atom stereocenters. The van der Waals surface area contributed by atoms with Gasteiger partial charge in [0.05, 0.1) is 0 Å². The van der Waals surface area contributed by atoms with E-state index in [0.29, 0.717) is 6.61 Å². The molecular formula is C11H21NO2. The fourth-order valence-corrected chi connectivity index (χ4v) is 1.18. The molecule has 82 valence electrons. The summed E-state index contributed by atoms with van der Waals surface area (Å²) in [5.74, 6) is 0. The Kier molecular flexibility index (Phi) is 9.93. The van der Waals surface area contributed by atoms with Crippen molar-refractivity contribution in [2.45, 2.75) is 58.6 Å². The molecule has 0 aliphatic heterocycles. The minimum absolute atomic E-state index is 0.259. The molecule has 0 saturated heterocycles. The number of unbranched alkanes of at least 4 members (excludes halogenated alkanes) is 3. The van der Waals surface area contributed by atoms with Gasteiger partial charge >= 0.3 is 0 Å². The molecule has 0 heterocycles. The Bertz CT molecular complexity index is 155. The van der Waals surface area contributed by atoms with Crippen molar-refractivity contribution in [2.24, 2.45) is 4.99 Å². The van der Waals surface area contributed by atoms with Gasteiger partial charge in [-0.25, -0.2) is 4.79 Å². The Hall–Kier alpha value is -0.660. The molecule has 3 heteroatoms. The lowest BCUT2D eigenvalue weighted by Crippen LogP contribution is -2.10. The number of nitrogens with zero attached hydrogens (tertiary/aromatic N) is 1. The number of aliphatic imine (C=N–C) groups is 1. The number of carbonyl (C=O) groups excluding carboxylic acids is 1. The van der Waals surface area contributed by atoms with Crippen LogP contribution in [-0.4, -0.2) is 18.9 Å². The van der Waals surface area contributed by atoms with Gasteiger partial charge < -0.3 is 4.74 Å². The molecule has 0 spiro atoms. The highest BCUT2D eigenvalue weighted by molar-refractivity contribution is 5.33. The Morgan fingerprint density at radius 1 is 1.21 bits per heavy atom. The Labute approximate surface area is 86.6 Å². The van der Waals surface area contributed by atoms with Crippen molar-refractivity contribution in [3.05, 3.63) is 0 Å². The third-order valence-corrected chi connectivity index (χ3v) is 2.06. The van der Waals surface area contributed by atoms with Gasteiger partial charge in [-0.3, -0.25) is 0 Å². The van der Waals surface area contributed by atoms with Gasteiger partial charge in [0.15, 0.2) is 6.23 Å². The van der Waals surface area contributed by atoms with Crippen LogP contribution in [0.5, 0.6) is 0 Å². The van der Waals surface area contributed by atoms with Crippen molar-refractivity contribution < 1.29 is 9.53 Å². The normalized spacial score (nSPS) is 12.1. The van der Waals surface area contributed by atoms with Crippen LogP contribution in [0.2, 0.25) is 0 Å². The standard InChI is InChI=1S/C11H21NO2/c1-3-5-7-8-11(12-10-13)14-9-6-4-2/h11H,3-9H2,1-2H3. The summed E-state index contributed by atoms with van der Waals surface area (Å²) in [5, 5.41) is 0. The van der Waals surface area contributed by atoms with Crippen molar-refractivity contribution in [3.63, 3.8) is 0 Å². The summed E-state index contributed by atoms with van der Waals surface area (Å²) in [6.45, 7) is 4.95. The number of hydrogen-bond acceptors (Lipinski definition) is 3. The Morgan fingerprint density at radius 2 is 1.93 bits per heavy atom. The average Bonchev–Trinajstić information content (AvgIpc) is 2.18. The zero-order valence-electron chi connectivity index (χ0n) is 9.29. The first-order chi connectivity index (χ1) is 6.85. The van der Waals surface area contributed by atoms with Gasteiger partial charge in [0, 0.05) is 6.61 Å². The van der Waals surface area contributed by atoms with Crippen molar-refractivity contribution >= 4 is 6.08 Å². The van der Waals surface area contributed by atoms with Crippen molar-refractivity contribution in [3.8, 4) is 0 Å². The fraction of sp³-hybridized carbons (Fsp3) is 0.909. The molecule has 0 aromatic rings. The largest absolute Gasteiger partial charge is 0.356 e.